The summed E-state index contributed by atoms with van der Waals surface area (Å²) in [6, 6.07) is 18.0. The molecule has 0 spiro atoms. The molecule has 24 heavy (non-hydrogen) atoms. The molecule has 2 aromatic carbocycles. The summed E-state index contributed by atoms with van der Waals surface area (Å²) < 4.78 is 18.7. The van der Waals surface area contributed by atoms with Gasteiger partial charge in [-0.05, 0) is 42.3 Å². The quantitative estimate of drug-likeness (QED) is 0.705. The highest BCUT2D eigenvalue weighted by Gasteiger charge is 2.06. The van der Waals surface area contributed by atoms with Crippen molar-refractivity contribution in [2.75, 3.05) is 0 Å². The van der Waals surface area contributed by atoms with Gasteiger partial charge < -0.3 is 14.8 Å². The Morgan fingerprint density at radius 1 is 0.958 bits per heavy atom. The van der Waals surface area contributed by atoms with Crippen LogP contribution in [0.5, 0.6) is 0 Å². The molecule has 3 aromatic rings. The Labute approximate surface area is 140 Å². The van der Waals surface area contributed by atoms with E-state index in [-0.39, 0.29) is 5.82 Å². The Kier molecular flexibility index (Phi) is 5.08. The van der Waals surface area contributed by atoms with Crippen LogP contribution in [0.25, 0.3) is 11.3 Å². The molecule has 0 fully saturated rings. The summed E-state index contributed by atoms with van der Waals surface area (Å²) in [5, 5.41) is 12.8. The molecule has 1 heterocycles. The van der Waals surface area contributed by atoms with Crippen LogP contribution in [0.4, 0.5) is 4.39 Å². The van der Waals surface area contributed by atoms with Crippen molar-refractivity contribution in [3.05, 3.63) is 83.4 Å². The molecule has 0 bridgehead atoms. The number of aliphatic hydroxyl groups excluding tert-OH is 1. The van der Waals surface area contributed by atoms with Crippen molar-refractivity contribution < 1.29 is 13.9 Å². The van der Waals surface area contributed by atoms with E-state index in [1.807, 2.05) is 36.4 Å². The average Bonchev–Trinajstić information content (AvgIpc) is 3.06. The second-order valence-electron chi connectivity index (χ2n) is 5.79. The predicted molar refractivity (Wildman–Crippen MR) is 91.7 cm³/mol. The van der Waals surface area contributed by atoms with Gasteiger partial charge in [0.2, 0.25) is 0 Å². The highest BCUT2D eigenvalue weighted by atomic mass is 19.1. The van der Waals surface area contributed by atoms with Crippen LogP contribution in [0.15, 0.2) is 65.1 Å². The normalized spacial score (nSPS) is 12.3. The van der Waals surface area contributed by atoms with Crippen LogP contribution in [0.1, 0.15) is 29.9 Å². The maximum absolute atomic E-state index is 12.9. The Morgan fingerprint density at radius 2 is 1.67 bits per heavy atom. The van der Waals surface area contributed by atoms with Crippen LogP contribution in [0.2, 0.25) is 0 Å². The molecule has 124 valence electrons. The van der Waals surface area contributed by atoms with Crippen molar-refractivity contribution in [2.24, 2.45) is 0 Å². The van der Waals surface area contributed by atoms with Crippen LogP contribution in [-0.4, -0.2) is 5.11 Å². The molecule has 0 aliphatic rings. The van der Waals surface area contributed by atoms with Crippen LogP contribution >= 0.6 is 0 Å². The van der Waals surface area contributed by atoms with Gasteiger partial charge >= 0.3 is 0 Å². The number of halogens is 1. The Morgan fingerprint density at radius 3 is 2.33 bits per heavy atom. The first-order valence-corrected chi connectivity index (χ1v) is 7.94. The minimum absolute atomic E-state index is 0.226. The molecule has 2 N–H and O–H groups in total. The second-order valence-corrected chi connectivity index (χ2v) is 5.79. The molecular formula is C20H20FNO2. The Hall–Kier alpha value is -2.43. The molecule has 0 saturated carbocycles. The lowest BCUT2D eigenvalue weighted by Gasteiger charge is -2.05. The highest BCUT2D eigenvalue weighted by molar-refractivity contribution is 5.58. The monoisotopic (exact) mass is 325 g/mol. The molecule has 1 aromatic heterocycles. The van der Waals surface area contributed by atoms with Crippen molar-refractivity contribution >= 4 is 0 Å². The van der Waals surface area contributed by atoms with Gasteiger partial charge in [0.05, 0.1) is 12.6 Å². The fourth-order valence-corrected chi connectivity index (χ4v) is 2.49. The van der Waals surface area contributed by atoms with Crippen LogP contribution in [0, 0.1) is 5.82 Å². The number of hydrogen-bond donors (Lipinski definition) is 2. The minimum atomic E-state index is -0.470. The van der Waals surface area contributed by atoms with Crippen molar-refractivity contribution in [3.8, 4) is 11.3 Å². The summed E-state index contributed by atoms with van der Waals surface area (Å²) in [4.78, 5) is 0. The van der Waals surface area contributed by atoms with E-state index in [1.54, 1.807) is 19.1 Å². The zero-order chi connectivity index (χ0) is 16.9. The largest absolute Gasteiger partial charge is 0.460 e. The fraction of sp³-hybridized carbons (Fsp3) is 0.200. The molecule has 1 atom stereocenters. The van der Waals surface area contributed by atoms with Gasteiger partial charge in [-0.2, -0.15) is 0 Å². The topological polar surface area (TPSA) is 45.4 Å². The van der Waals surface area contributed by atoms with E-state index in [0.29, 0.717) is 13.1 Å². The lowest BCUT2D eigenvalue weighted by atomic mass is 10.1. The zero-order valence-electron chi connectivity index (χ0n) is 13.5. The first-order valence-electron chi connectivity index (χ1n) is 7.94. The van der Waals surface area contributed by atoms with Crippen LogP contribution in [0.3, 0.4) is 0 Å². The van der Waals surface area contributed by atoms with E-state index in [0.717, 1.165) is 28.2 Å². The lowest BCUT2D eigenvalue weighted by molar-refractivity contribution is 0.199. The van der Waals surface area contributed by atoms with E-state index < -0.39 is 6.10 Å². The summed E-state index contributed by atoms with van der Waals surface area (Å²) in [5.41, 5.74) is 2.88. The van der Waals surface area contributed by atoms with Gasteiger partial charge in [-0.1, -0.05) is 36.4 Å². The third kappa shape index (κ3) is 4.10. The molecule has 0 aliphatic heterocycles. The van der Waals surface area contributed by atoms with E-state index in [4.69, 9.17) is 4.42 Å². The van der Waals surface area contributed by atoms with Gasteiger partial charge in [0, 0.05) is 12.1 Å². The van der Waals surface area contributed by atoms with Gasteiger partial charge in [-0.3, -0.25) is 0 Å². The third-order valence-corrected chi connectivity index (χ3v) is 3.88. The lowest BCUT2D eigenvalue weighted by Crippen LogP contribution is -2.11. The van der Waals surface area contributed by atoms with E-state index in [1.165, 1.54) is 12.1 Å². The van der Waals surface area contributed by atoms with E-state index in [2.05, 4.69) is 5.32 Å². The van der Waals surface area contributed by atoms with Gasteiger partial charge in [0.15, 0.2) is 0 Å². The SMILES string of the molecule is CC(O)c1ccc(-c2ccc(CNCc3ccc(F)cc3)o2)cc1. The van der Waals surface area contributed by atoms with E-state index in [9.17, 15) is 9.50 Å². The molecule has 3 rings (SSSR count). The van der Waals surface area contributed by atoms with Crippen molar-refractivity contribution in [1.29, 1.82) is 0 Å². The molecule has 1 unspecified atom stereocenters. The number of furan rings is 1. The summed E-state index contributed by atoms with van der Waals surface area (Å²) in [5.74, 6) is 1.41. The molecular weight excluding hydrogens is 305 g/mol. The fourth-order valence-electron chi connectivity index (χ4n) is 2.49. The average molecular weight is 325 g/mol. The Bertz CT molecular complexity index is 776. The number of hydrogen-bond acceptors (Lipinski definition) is 3. The molecule has 4 heteroatoms. The predicted octanol–water partition coefficient (Wildman–Crippen LogP) is 4.43. The van der Waals surface area contributed by atoms with Gasteiger partial charge in [-0.25, -0.2) is 4.39 Å². The summed E-state index contributed by atoms with van der Waals surface area (Å²) >= 11 is 0. The highest BCUT2D eigenvalue weighted by Crippen LogP contribution is 2.24. The number of nitrogens with one attached hydrogen (secondary N) is 1. The van der Waals surface area contributed by atoms with Crippen molar-refractivity contribution in [3.63, 3.8) is 0 Å². The van der Waals surface area contributed by atoms with Gasteiger partial charge in [0.25, 0.3) is 0 Å². The molecule has 0 saturated heterocycles. The first-order chi connectivity index (χ1) is 11.6. The Balaban J connectivity index is 1.58. The standard InChI is InChI=1S/C20H20FNO2/c1-14(23)16-4-6-17(7-5-16)20-11-10-19(24-20)13-22-12-15-2-8-18(21)9-3-15/h2-11,14,22-23H,12-13H2,1H3. The van der Waals surface area contributed by atoms with E-state index >= 15 is 0 Å². The maximum atomic E-state index is 12.9. The molecule has 0 amide bonds. The molecule has 3 nitrogen and oxygen atoms in total. The van der Waals surface area contributed by atoms with Crippen LogP contribution in [-0.2, 0) is 13.1 Å². The first kappa shape index (κ1) is 16.4. The van der Waals surface area contributed by atoms with Crippen molar-refractivity contribution in [2.45, 2.75) is 26.1 Å². The second kappa shape index (κ2) is 7.43. The number of benzene rings is 2. The number of rotatable bonds is 6. The van der Waals surface area contributed by atoms with Gasteiger partial charge in [0.1, 0.15) is 17.3 Å². The summed E-state index contributed by atoms with van der Waals surface area (Å²) in [6.45, 7) is 3.00. The minimum Gasteiger partial charge on any atom is -0.460 e. The maximum Gasteiger partial charge on any atom is 0.134 e. The summed E-state index contributed by atoms with van der Waals surface area (Å²) in [6.07, 6.45) is -0.470. The third-order valence-electron chi connectivity index (χ3n) is 3.88. The van der Waals surface area contributed by atoms with Crippen molar-refractivity contribution in [1.82, 2.24) is 5.32 Å². The molecule has 0 aliphatic carbocycles. The van der Waals surface area contributed by atoms with Crippen LogP contribution < -0.4 is 5.32 Å². The number of aliphatic hydroxyl groups is 1. The van der Waals surface area contributed by atoms with Gasteiger partial charge in [-0.15, -0.1) is 0 Å². The zero-order valence-corrected chi connectivity index (χ0v) is 13.5. The molecule has 0 radical (unpaired) electrons. The smallest absolute Gasteiger partial charge is 0.134 e. The summed E-state index contributed by atoms with van der Waals surface area (Å²) in [7, 11) is 0.